The Labute approximate surface area is 180 Å². The summed E-state index contributed by atoms with van der Waals surface area (Å²) in [6, 6.07) is 6.83. The fourth-order valence-electron chi connectivity index (χ4n) is 2.44. The number of rotatable bonds is 7. The minimum Gasteiger partial charge on any atom is -0.509 e. The molecule has 2 aromatic rings. The van der Waals surface area contributed by atoms with Crippen LogP contribution in [0.1, 0.15) is 11.1 Å². The van der Waals surface area contributed by atoms with Gasteiger partial charge in [0.2, 0.25) is 0 Å². The van der Waals surface area contributed by atoms with Gasteiger partial charge < -0.3 is 30.6 Å². The van der Waals surface area contributed by atoms with Gasteiger partial charge in [-0.3, -0.25) is 0 Å². The fourth-order valence-corrected chi connectivity index (χ4v) is 2.82. The molecule has 30 heavy (non-hydrogen) atoms. The van der Waals surface area contributed by atoms with Crippen LogP contribution in [-0.2, 0) is 0 Å². The van der Waals surface area contributed by atoms with Crippen LogP contribution in [0.4, 0.5) is 8.78 Å². The van der Waals surface area contributed by atoms with E-state index in [1.54, 1.807) is 0 Å². The van der Waals surface area contributed by atoms with Crippen LogP contribution in [0.2, 0.25) is 10.0 Å². The second-order valence-electron chi connectivity index (χ2n) is 6.36. The van der Waals surface area contributed by atoms with Gasteiger partial charge in [-0.15, -0.1) is 0 Å². The third-order valence-electron chi connectivity index (χ3n) is 4.12. The summed E-state index contributed by atoms with van der Waals surface area (Å²) in [5.41, 5.74) is 0.382. The fraction of sp³-hybridized carbons (Fsp3) is 0.200. The van der Waals surface area contributed by atoms with E-state index < -0.39 is 47.6 Å². The summed E-state index contributed by atoms with van der Waals surface area (Å²) in [7, 11) is 0. The van der Waals surface area contributed by atoms with Crippen molar-refractivity contribution in [2.24, 2.45) is 0 Å². The monoisotopic (exact) mass is 462 g/mol. The van der Waals surface area contributed by atoms with E-state index in [1.807, 2.05) is 0 Å². The average Bonchev–Trinajstić information content (AvgIpc) is 2.71. The van der Waals surface area contributed by atoms with Gasteiger partial charge in [-0.2, -0.15) is 0 Å². The normalized spacial score (nSPS) is 16.8. The molecule has 0 aliphatic rings. The highest BCUT2D eigenvalue weighted by Gasteiger charge is 2.34. The van der Waals surface area contributed by atoms with E-state index in [9.17, 15) is 39.4 Å². The third kappa shape index (κ3) is 5.91. The van der Waals surface area contributed by atoms with Crippen molar-refractivity contribution in [1.82, 2.24) is 0 Å². The van der Waals surface area contributed by atoms with Crippen LogP contribution in [0.5, 0.6) is 0 Å². The number of hydrogen-bond donors (Lipinski definition) is 6. The molecule has 0 aliphatic carbocycles. The Morgan fingerprint density at radius 1 is 0.700 bits per heavy atom. The molecule has 10 heteroatoms. The predicted octanol–water partition coefficient (Wildman–Crippen LogP) is 3.21. The number of hydrogen-bond acceptors (Lipinski definition) is 6. The lowest BCUT2D eigenvalue weighted by Gasteiger charge is -2.26. The smallest absolute Gasteiger partial charge is 0.141 e. The van der Waals surface area contributed by atoms with Gasteiger partial charge in [-0.25, -0.2) is 8.78 Å². The molecule has 0 heterocycles. The maximum absolute atomic E-state index is 13.2. The molecular weight excluding hydrogens is 445 g/mol. The van der Waals surface area contributed by atoms with Crippen molar-refractivity contribution in [2.75, 3.05) is 0 Å². The van der Waals surface area contributed by atoms with Crippen molar-refractivity contribution in [1.29, 1.82) is 0 Å². The molecule has 0 saturated carbocycles. The maximum Gasteiger partial charge on any atom is 0.141 e. The van der Waals surface area contributed by atoms with Crippen LogP contribution in [-0.4, -0.2) is 55.1 Å². The van der Waals surface area contributed by atoms with E-state index in [0.29, 0.717) is 0 Å². The summed E-state index contributed by atoms with van der Waals surface area (Å²) in [5, 5.41) is 59.6. The van der Waals surface area contributed by atoms with E-state index in [0.717, 1.165) is 36.4 Å². The van der Waals surface area contributed by atoms with Gasteiger partial charge in [0.25, 0.3) is 0 Å². The molecule has 0 amide bonds. The zero-order valence-electron chi connectivity index (χ0n) is 15.1. The van der Waals surface area contributed by atoms with Gasteiger partial charge in [0.05, 0.1) is 10.0 Å². The summed E-state index contributed by atoms with van der Waals surface area (Å²) < 4.78 is 26.3. The van der Waals surface area contributed by atoms with Crippen LogP contribution in [0.25, 0.3) is 12.2 Å². The minimum atomic E-state index is -2.13. The highest BCUT2D eigenvalue weighted by Crippen LogP contribution is 2.22. The molecule has 0 spiro atoms. The topological polar surface area (TPSA) is 121 Å². The van der Waals surface area contributed by atoms with Gasteiger partial charge >= 0.3 is 0 Å². The van der Waals surface area contributed by atoms with Crippen molar-refractivity contribution >= 4 is 35.4 Å². The van der Waals surface area contributed by atoms with E-state index in [4.69, 9.17) is 23.2 Å². The first kappa shape index (κ1) is 24.1. The lowest BCUT2D eigenvalue weighted by atomic mass is 9.98. The van der Waals surface area contributed by atoms with Crippen molar-refractivity contribution in [3.05, 3.63) is 80.7 Å². The Bertz CT molecular complexity index is 889. The van der Waals surface area contributed by atoms with E-state index in [-0.39, 0.29) is 21.2 Å². The summed E-state index contributed by atoms with van der Waals surface area (Å²) in [6.07, 6.45) is -6.44. The highest BCUT2D eigenvalue weighted by molar-refractivity contribution is 6.31. The Kier molecular flexibility index (Phi) is 8.19. The van der Waals surface area contributed by atoms with Crippen LogP contribution in [0.3, 0.4) is 0 Å². The van der Waals surface area contributed by atoms with Crippen LogP contribution in [0, 0.1) is 11.6 Å². The molecule has 0 fully saturated rings. The van der Waals surface area contributed by atoms with Crippen LogP contribution >= 0.6 is 23.2 Å². The lowest BCUT2D eigenvalue weighted by molar-refractivity contribution is -0.0996. The molecule has 4 atom stereocenters. The number of aliphatic hydroxyl groups excluding tert-OH is 6. The molecule has 2 rings (SSSR count). The van der Waals surface area contributed by atoms with E-state index in [1.165, 1.54) is 12.1 Å². The molecule has 0 unspecified atom stereocenters. The van der Waals surface area contributed by atoms with Gasteiger partial charge in [0.15, 0.2) is 0 Å². The van der Waals surface area contributed by atoms with Crippen LogP contribution < -0.4 is 0 Å². The molecule has 0 radical (unpaired) electrons. The predicted molar refractivity (Wildman–Crippen MR) is 108 cm³/mol. The van der Waals surface area contributed by atoms with Crippen molar-refractivity contribution in [3.63, 3.8) is 0 Å². The second kappa shape index (κ2) is 10.2. The van der Waals surface area contributed by atoms with Crippen molar-refractivity contribution in [2.45, 2.75) is 24.4 Å². The van der Waals surface area contributed by atoms with Gasteiger partial charge in [-0.1, -0.05) is 35.3 Å². The number of halogens is 4. The molecule has 162 valence electrons. The average molecular weight is 463 g/mol. The Hall–Kier alpha value is -2.20. The first-order valence-corrected chi connectivity index (χ1v) is 9.20. The molecule has 6 N–H and O–H groups in total. The van der Waals surface area contributed by atoms with Crippen molar-refractivity contribution in [3.8, 4) is 0 Å². The second-order valence-corrected chi connectivity index (χ2v) is 7.17. The quantitative estimate of drug-likeness (QED) is 0.351. The maximum atomic E-state index is 13.2. The van der Waals surface area contributed by atoms with Gasteiger partial charge in [-0.05, 0) is 47.5 Å². The molecule has 0 aromatic heterocycles. The van der Waals surface area contributed by atoms with Crippen molar-refractivity contribution < 1.29 is 39.4 Å². The zero-order valence-corrected chi connectivity index (χ0v) is 16.6. The molecular formula is C20H18Cl2F2O6. The molecule has 0 bridgehead atoms. The first-order valence-electron chi connectivity index (χ1n) is 8.44. The Morgan fingerprint density at radius 2 is 1.03 bits per heavy atom. The van der Waals surface area contributed by atoms with Gasteiger partial charge in [0, 0.05) is 0 Å². The lowest BCUT2D eigenvalue weighted by Crippen LogP contribution is -2.45. The third-order valence-corrected chi connectivity index (χ3v) is 4.70. The number of benzene rings is 2. The SMILES string of the molecule is OC(=Cc1ccc(F)c(Cl)c1)[C@@H](O)[C@@H](O)[C@H](O)[C@@H](O)C(O)=Cc1ccc(F)c(Cl)c1. The Balaban J connectivity index is 2.14. The number of aliphatic hydroxyl groups is 6. The summed E-state index contributed by atoms with van der Waals surface area (Å²) in [4.78, 5) is 0. The summed E-state index contributed by atoms with van der Waals surface area (Å²) in [6.45, 7) is 0. The first-order chi connectivity index (χ1) is 14.0. The largest absolute Gasteiger partial charge is 0.509 e. The highest BCUT2D eigenvalue weighted by atomic mass is 35.5. The van der Waals surface area contributed by atoms with Gasteiger partial charge in [0.1, 0.15) is 47.6 Å². The summed E-state index contributed by atoms with van der Waals surface area (Å²) in [5.74, 6) is -3.02. The van der Waals surface area contributed by atoms with E-state index >= 15 is 0 Å². The minimum absolute atomic E-state index is 0.191. The Morgan fingerprint density at radius 3 is 1.33 bits per heavy atom. The molecule has 0 saturated heterocycles. The zero-order chi connectivity index (χ0) is 22.6. The molecule has 0 aliphatic heterocycles. The standard InChI is InChI=1S/C20H18Cl2F2O6/c21-11-5-9(1-3-13(11)23)7-15(25)17(27)19(29)20(30)18(28)16(26)8-10-2-4-14(24)12(22)6-10/h1-8,17-20,25-30H/t17-,18+,19-,20-/m1/s1. The van der Waals surface area contributed by atoms with Crippen LogP contribution in [0.15, 0.2) is 47.9 Å². The molecule has 2 aromatic carbocycles. The van der Waals surface area contributed by atoms with E-state index in [2.05, 4.69) is 0 Å². The molecule has 6 nitrogen and oxygen atoms in total. The summed E-state index contributed by atoms with van der Waals surface area (Å²) >= 11 is 11.2.